The molecule has 1 saturated carbocycles. The Morgan fingerprint density at radius 2 is 1.89 bits per heavy atom. The Kier molecular flexibility index (Phi) is 9.93. The van der Waals surface area contributed by atoms with Gasteiger partial charge in [-0.2, -0.15) is 14.6 Å². The predicted octanol–water partition coefficient (Wildman–Crippen LogP) is 7.11. The van der Waals surface area contributed by atoms with E-state index in [4.69, 9.17) is 54.1 Å². The summed E-state index contributed by atoms with van der Waals surface area (Å²) < 4.78 is 61.5. The SMILES string of the molecule is CCOc1c(Cl)c(-c2ccc(F)c3sc(N)c(N)c23)c(F)c2nc(OC[C@@]34CCCN3C[C@H](F)C4)nc(N(CC3CC3)CC3CN(C(=O)n4cnc(CCl)n4)C3)c12. The fourth-order valence-electron chi connectivity index (χ4n) is 8.72. The summed E-state index contributed by atoms with van der Waals surface area (Å²) in [6.45, 7) is 5.12. The van der Waals surface area contributed by atoms with Crippen molar-refractivity contribution in [3.8, 4) is 22.9 Å². The summed E-state index contributed by atoms with van der Waals surface area (Å²) in [5.74, 6) is -0.00433. The van der Waals surface area contributed by atoms with Crippen molar-refractivity contribution in [1.29, 1.82) is 0 Å². The number of likely N-dealkylation sites (tertiary alicyclic amines) is 1. The average Bonchev–Trinajstić information content (AvgIpc) is 3.43. The van der Waals surface area contributed by atoms with Gasteiger partial charge in [-0.1, -0.05) is 17.7 Å². The summed E-state index contributed by atoms with van der Waals surface area (Å²) >= 11 is 14.0. The number of carbonyl (C=O) groups excluding carboxylic acids is 1. The molecule has 302 valence electrons. The van der Waals surface area contributed by atoms with E-state index in [1.165, 1.54) is 23.1 Å². The van der Waals surface area contributed by atoms with Gasteiger partial charge in [0.2, 0.25) is 0 Å². The number of ether oxygens (including phenoxy) is 2. The zero-order chi connectivity index (χ0) is 39.7. The summed E-state index contributed by atoms with van der Waals surface area (Å²) in [6, 6.07) is 2.26. The molecule has 9 rings (SSSR count). The molecule has 1 amide bonds. The third kappa shape index (κ3) is 6.73. The van der Waals surface area contributed by atoms with Crippen molar-refractivity contribution in [2.75, 3.05) is 68.8 Å². The highest BCUT2D eigenvalue weighted by molar-refractivity contribution is 7.23. The molecule has 5 aromatic rings. The van der Waals surface area contributed by atoms with Crippen molar-refractivity contribution < 1.29 is 27.4 Å². The van der Waals surface area contributed by atoms with Crippen LogP contribution in [0.15, 0.2) is 18.5 Å². The summed E-state index contributed by atoms with van der Waals surface area (Å²) in [5, 5.41) is 4.76. The second-order valence-electron chi connectivity index (χ2n) is 15.5. The smallest absolute Gasteiger partial charge is 0.346 e. The Hall–Kier alpha value is -4.32. The monoisotopic (exact) mass is 844 g/mol. The number of halogens is 5. The Morgan fingerprint density at radius 3 is 2.63 bits per heavy atom. The molecule has 3 aromatic heterocycles. The first-order valence-electron chi connectivity index (χ1n) is 19.1. The number of benzene rings is 2. The van der Waals surface area contributed by atoms with E-state index in [-0.39, 0.29) is 90.6 Å². The number of anilines is 3. The maximum Gasteiger partial charge on any atom is 0.346 e. The van der Waals surface area contributed by atoms with Gasteiger partial charge in [-0.15, -0.1) is 28.0 Å². The highest BCUT2D eigenvalue weighted by Crippen LogP contribution is 2.51. The third-order valence-corrected chi connectivity index (χ3v) is 13.3. The van der Waals surface area contributed by atoms with Crippen LogP contribution in [0.2, 0.25) is 5.02 Å². The minimum atomic E-state index is -0.973. The van der Waals surface area contributed by atoms with E-state index in [1.54, 1.807) is 11.8 Å². The van der Waals surface area contributed by atoms with E-state index in [0.717, 1.165) is 43.6 Å². The van der Waals surface area contributed by atoms with Gasteiger partial charge in [0.1, 0.15) is 41.3 Å². The number of aromatic nitrogens is 5. The number of alkyl halides is 2. The van der Waals surface area contributed by atoms with Gasteiger partial charge in [-0.05, 0) is 56.7 Å². The van der Waals surface area contributed by atoms with Crippen LogP contribution in [0.25, 0.3) is 32.1 Å². The van der Waals surface area contributed by atoms with Gasteiger partial charge >= 0.3 is 12.0 Å². The molecule has 4 fully saturated rings. The van der Waals surface area contributed by atoms with Gasteiger partial charge in [0.05, 0.1) is 38.8 Å². The maximum absolute atomic E-state index is 17.6. The fourth-order valence-corrected chi connectivity index (χ4v) is 10.1. The van der Waals surface area contributed by atoms with Crippen molar-refractivity contribution in [2.45, 2.75) is 56.6 Å². The molecule has 0 spiro atoms. The number of nitrogen functional groups attached to an aromatic ring is 2. The summed E-state index contributed by atoms with van der Waals surface area (Å²) in [6.07, 6.45) is 4.41. The van der Waals surface area contributed by atoms with Gasteiger partial charge in [0, 0.05) is 56.0 Å². The van der Waals surface area contributed by atoms with E-state index in [9.17, 15) is 9.18 Å². The molecule has 3 saturated heterocycles. The second kappa shape index (κ2) is 14.8. The van der Waals surface area contributed by atoms with Crippen LogP contribution in [0.1, 0.15) is 44.9 Å². The van der Waals surface area contributed by atoms with E-state index in [1.807, 2.05) is 0 Å². The van der Waals surface area contributed by atoms with Gasteiger partial charge in [-0.25, -0.2) is 22.9 Å². The number of hydrogen-bond acceptors (Lipinski definition) is 12. The van der Waals surface area contributed by atoms with Crippen LogP contribution in [0.5, 0.6) is 11.8 Å². The Morgan fingerprint density at radius 1 is 1.11 bits per heavy atom. The fraction of sp³-hybridized carbons (Fsp3) is 0.500. The van der Waals surface area contributed by atoms with E-state index < -0.39 is 23.3 Å². The van der Waals surface area contributed by atoms with Crippen molar-refractivity contribution in [2.24, 2.45) is 11.8 Å². The lowest BCUT2D eigenvalue weighted by Crippen LogP contribution is -2.55. The Balaban J connectivity index is 1.16. The molecule has 3 aliphatic heterocycles. The molecular weight excluding hydrogens is 804 g/mol. The van der Waals surface area contributed by atoms with Crippen molar-refractivity contribution in [3.05, 3.63) is 40.9 Å². The van der Waals surface area contributed by atoms with E-state index in [0.29, 0.717) is 56.7 Å². The number of hydrogen-bond donors (Lipinski definition) is 2. The van der Waals surface area contributed by atoms with Crippen LogP contribution >= 0.6 is 34.5 Å². The lowest BCUT2D eigenvalue weighted by Gasteiger charge is -2.41. The number of fused-ring (bicyclic) bond motifs is 3. The summed E-state index contributed by atoms with van der Waals surface area (Å²) in [4.78, 5) is 32.8. The van der Waals surface area contributed by atoms with Crippen molar-refractivity contribution >= 4 is 78.1 Å². The van der Waals surface area contributed by atoms with Crippen molar-refractivity contribution in [1.82, 2.24) is 34.5 Å². The molecule has 13 nitrogen and oxygen atoms in total. The number of amides is 1. The summed E-state index contributed by atoms with van der Waals surface area (Å²) in [7, 11) is 0. The van der Waals surface area contributed by atoms with Gasteiger partial charge in [0.15, 0.2) is 17.4 Å². The number of nitrogens with two attached hydrogens (primary N) is 2. The number of nitrogens with zero attached hydrogens (tertiary/aromatic N) is 8. The number of thiophene rings is 1. The zero-order valence-electron chi connectivity index (χ0n) is 31.1. The Bertz CT molecular complexity index is 2390. The van der Waals surface area contributed by atoms with Crippen molar-refractivity contribution in [3.63, 3.8) is 0 Å². The molecule has 0 radical (unpaired) electrons. The van der Waals surface area contributed by atoms with Crippen LogP contribution in [-0.4, -0.2) is 105 Å². The minimum Gasteiger partial charge on any atom is -0.491 e. The van der Waals surface area contributed by atoms with Crippen LogP contribution in [-0.2, 0) is 5.88 Å². The zero-order valence-corrected chi connectivity index (χ0v) is 33.4. The first-order valence-corrected chi connectivity index (χ1v) is 20.9. The van der Waals surface area contributed by atoms with Crippen LogP contribution in [0.3, 0.4) is 0 Å². The number of rotatable bonds is 12. The first kappa shape index (κ1) is 38.2. The quantitative estimate of drug-likeness (QED) is 0.124. The van der Waals surface area contributed by atoms with E-state index in [2.05, 4.69) is 19.9 Å². The minimum absolute atomic E-state index is 0.0266. The Labute approximate surface area is 340 Å². The van der Waals surface area contributed by atoms with Gasteiger partial charge in [0.25, 0.3) is 0 Å². The molecule has 2 atom stereocenters. The first-order chi connectivity index (χ1) is 27.5. The van der Waals surface area contributed by atoms with E-state index >= 15 is 8.78 Å². The molecule has 4 N–H and O–H groups in total. The average molecular weight is 846 g/mol. The highest BCUT2D eigenvalue weighted by Gasteiger charge is 2.49. The second-order valence-corrected chi connectivity index (χ2v) is 17.2. The molecule has 6 heterocycles. The molecule has 19 heteroatoms. The summed E-state index contributed by atoms with van der Waals surface area (Å²) in [5.41, 5.74) is 12.2. The number of carbonyl (C=O) groups is 1. The normalized spacial score (nSPS) is 21.1. The molecule has 0 bridgehead atoms. The predicted molar refractivity (Wildman–Crippen MR) is 214 cm³/mol. The van der Waals surface area contributed by atoms with Crippen LogP contribution in [0, 0.1) is 23.5 Å². The maximum atomic E-state index is 17.6. The molecule has 0 unspecified atom stereocenters. The molecule has 1 aliphatic carbocycles. The van der Waals surface area contributed by atoms with Crippen LogP contribution < -0.4 is 25.8 Å². The molecule has 2 aromatic carbocycles. The van der Waals surface area contributed by atoms with Gasteiger partial charge < -0.3 is 30.7 Å². The lowest BCUT2D eigenvalue weighted by molar-refractivity contribution is 0.107. The third-order valence-electron chi connectivity index (χ3n) is 11.6. The van der Waals surface area contributed by atoms with Gasteiger partial charge in [-0.3, -0.25) is 4.90 Å². The lowest BCUT2D eigenvalue weighted by atomic mass is 9.95. The van der Waals surface area contributed by atoms with Crippen LogP contribution in [0.4, 0.5) is 34.5 Å². The molecule has 57 heavy (non-hydrogen) atoms. The topological polar surface area (TPSA) is 154 Å². The largest absolute Gasteiger partial charge is 0.491 e. The molecular formula is C38H41Cl2F3N10O3S. The standard InChI is InChI=1S/C38H41Cl2F3N10O3S/c1-2-55-32-27-31(29(43)25(28(32)40)22-6-7-23(42)33-26(22)30(44)34(45)57-33)47-36(56-17-38-8-3-9-52(38)16-21(41)10-38)48-35(27)50(12-19-4-5-19)13-20-14-51(15-20)37(54)53-18-46-24(11-39)49-53/h6-7,18-21H,2-5,8-17,44-45H2,1H3/t21-,38+/m1/s1. The highest BCUT2D eigenvalue weighted by atomic mass is 35.5. The molecule has 4 aliphatic rings.